The van der Waals surface area contributed by atoms with Gasteiger partial charge < -0.3 is 10.2 Å². The van der Waals surface area contributed by atoms with Crippen molar-refractivity contribution in [3.8, 4) is 0 Å². The summed E-state index contributed by atoms with van der Waals surface area (Å²) in [6, 6.07) is 7.40. The molecule has 1 aromatic rings. The van der Waals surface area contributed by atoms with Crippen molar-refractivity contribution in [2.45, 2.75) is 13.0 Å². The number of piperazine rings is 1. The minimum absolute atomic E-state index is 0.124. The van der Waals surface area contributed by atoms with Crippen molar-refractivity contribution in [1.29, 1.82) is 0 Å². The first-order valence-electron chi connectivity index (χ1n) is 5.00. The molecule has 2 nitrogen and oxygen atoms in total. The highest BCUT2D eigenvalue weighted by atomic mass is 19.1. The molecule has 2 rings (SSSR count). The molecule has 1 fully saturated rings. The second-order valence-electron chi connectivity index (χ2n) is 3.75. The number of hydrogen-bond acceptors (Lipinski definition) is 2. The molecule has 14 heavy (non-hydrogen) atoms. The van der Waals surface area contributed by atoms with Gasteiger partial charge in [0.05, 0.1) is 5.69 Å². The van der Waals surface area contributed by atoms with E-state index in [1.165, 1.54) is 6.07 Å². The summed E-state index contributed by atoms with van der Waals surface area (Å²) in [5.74, 6) is -0.124. The van der Waals surface area contributed by atoms with Crippen molar-refractivity contribution in [3.05, 3.63) is 30.1 Å². The van der Waals surface area contributed by atoms with E-state index in [1.807, 2.05) is 12.1 Å². The van der Waals surface area contributed by atoms with Gasteiger partial charge in [0.15, 0.2) is 0 Å². The van der Waals surface area contributed by atoms with Gasteiger partial charge in [-0.2, -0.15) is 0 Å². The van der Waals surface area contributed by atoms with E-state index in [0.717, 1.165) is 25.3 Å². The summed E-state index contributed by atoms with van der Waals surface area (Å²) in [6.45, 7) is 4.80. The first-order chi connectivity index (χ1) is 6.77. The van der Waals surface area contributed by atoms with E-state index < -0.39 is 0 Å². The van der Waals surface area contributed by atoms with Crippen molar-refractivity contribution < 1.29 is 4.39 Å². The molecule has 0 aliphatic carbocycles. The Morgan fingerprint density at radius 1 is 1.43 bits per heavy atom. The van der Waals surface area contributed by atoms with Gasteiger partial charge in [0.25, 0.3) is 0 Å². The fourth-order valence-electron chi connectivity index (χ4n) is 1.86. The molecule has 1 aliphatic rings. The largest absolute Gasteiger partial charge is 0.366 e. The Morgan fingerprint density at radius 2 is 2.21 bits per heavy atom. The normalized spacial score (nSPS) is 22.4. The van der Waals surface area contributed by atoms with Crippen LogP contribution in [0.5, 0.6) is 0 Å². The average Bonchev–Trinajstić information content (AvgIpc) is 2.18. The Morgan fingerprint density at radius 3 is 2.93 bits per heavy atom. The highest BCUT2D eigenvalue weighted by Gasteiger charge is 2.17. The lowest BCUT2D eigenvalue weighted by Gasteiger charge is -2.33. The van der Waals surface area contributed by atoms with Crippen LogP contribution in [0.3, 0.4) is 0 Å². The molecule has 0 saturated carbocycles. The zero-order valence-electron chi connectivity index (χ0n) is 8.33. The van der Waals surface area contributed by atoms with E-state index in [2.05, 4.69) is 17.1 Å². The van der Waals surface area contributed by atoms with Crippen LogP contribution in [0.4, 0.5) is 10.1 Å². The lowest BCUT2D eigenvalue weighted by Crippen LogP contribution is -2.49. The Balaban J connectivity index is 2.18. The lowest BCUT2D eigenvalue weighted by atomic mass is 10.2. The number of nitrogens with one attached hydrogen (secondary N) is 1. The third-order valence-electron chi connectivity index (χ3n) is 2.56. The molecule has 1 aromatic carbocycles. The highest BCUT2D eigenvalue weighted by Crippen LogP contribution is 2.19. The van der Waals surface area contributed by atoms with E-state index in [-0.39, 0.29) is 5.82 Å². The molecule has 1 atom stereocenters. The van der Waals surface area contributed by atoms with Crippen LogP contribution in [0.1, 0.15) is 6.92 Å². The standard InChI is InChI=1S/C11H15FN2/c1-9-8-14(7-6-13-9)11-5-3-2-4-10(11)12/h2-5,9,13H,6-8H2,1H3/t9-/m0/s1. The van der Waals surface area contributed by atoms with Gasteiger partial charge in [-0.25, -0.2) is 4.39 Å². The number of anilines is 1. The maximum atomic E-state index is 13.4. The molecule has 1 saturated heterocycles. The number of hydrogen-bond donors (Lipinski definition) is 1. The summed E-state index contributed by atoms with van der Waals surface area (Å²) in [5.41, 5.74) is 0.723. The van der Waals surface area contributed by atoms with Crippen molar-refractivity contribution in [2.75, 3.05) is 24.5 Å². The maximum absolute atomic E-state index is 13.4. The molecule has 0 radical (unpaired) electrons. The van der Waals surface area contributed by atoms with Gasteiger partial charge in [-0.1, -0.05) is 12.1 Å². The van der Waals surface area contributed by atoms with E-state index in [1.54, 1.807) is 6.07 Å². The second kappa shape index (κ2) is 3.96. The van der Waals surface area contributed by atoms with Gasteiger partial charge in [0, 0.05) is 25.7 Å². The van der Waals surface area contributed by atoms with Gasteiger partial charge >= 0.3 is 0 Å². The fraction of sp³-hybridized carbons (Fsp3) is 0.455. The molecular formula is C11H15FN2. The average molecular weight is 194 g/mol. The van der Waals surface area contributed by atoms with Crippen LogP contribution >= 0.6 is 0 Å². The van der Waals surface area contributed by atoms with Gasteiger partial charge in [0.2, 0.25) is 0 Å². The van der Waals surface area contributed by atoms with Crippen molar-refractivity contribution in [3.63, 3.8) is 0 Å². The van der Waals surface area contributed by atoms with Crippen molar-refractivity contribution >= 4 is 5.69 Å². The number of nitrogens with zero attached hydrogens (tertiary/aromatic N) is 1. The van der Waals surface area contributed by atoms with E-state index in [4.69, 9.17) is 0 Å². The number of benzene rings is 1. The Labute approximate surface area is 83.7 Å². The van der Waals surface area contributed by atoms with Crippen LogP contribution in [0.15, 0.2) is 24.3 Å². The Bertz CT molecular complexity index is 314. The molecule has 3 heteroatoms. The molecule has 1 N–H and O–H groups in total. The second-order valence-corrected chi connectivity index (χ2v) is 3.75. The van der Waals surface area contributed by atoms with E-state index in [0.29, 0.717) is 6.04 Å². The number of para-hydroxylation sites is 1. The van der Waals surface area contributed by atoms with Crippen LogP contribution in [0.2, 0.25) is 0 Å². The Hall–Kier alpha value is -1.09. The molecular weight excluding hydrogens is 179 g/mol. The number of halogens is 1. The predicted octanol–water partition coefficient (Wildman–Crippen LogP) is 1.62. The summed E-state index contributed by atoms with van der Waals surface area (Å²) in [5, 5.41) is 3.34. The van der Waals surface area contributed by atoms with Crippen molar-refractivity contribution in [2.24, 2.45) is 0 Å². The van der Waals surface area contributed by atoms with Crippen LogP contribution in [-0.4, -0.2) is 25.7 Å². The first kappa shape index (κ1) is 9.46. The van der Waals surface area contributed by atoms with Crippen LogP contribution < -0.4 is 10.2 Å². The molecule has 0 amide bonds. The summed E-state index contributed by atoms with van der Waals surface area (Å²) in [4.78, 5) is 2.09. The first-order valence-corrected chi connectivity index (χ1v) is 5.00. The summed E-state index contributed by atoms with van der Waals surface area (Å²) >= 11 is 0. The van der Waals surface area contributed by atoms with Gasteiger partial charge in [0.1, 0.15) is 5.82 Å². The van der Waals surface area contributed by atoms with E-state index in [9.17, 15) is 4.39 Å². The van der Waals surface area contributed by atoms with Gasteiger partial charge in [-0.05, 0) is 19.1 Å². The molecule has 0 aromatic heterocycles. The molecule has 0 spiro atoms. The van der Waals surface area contributed by atoms with Crippen molar-refractivity contribution in [1.82, 2.24) is 5.32 Å². The summed E-state index contributed by atoms with van der Waals surface area (Å²) in [6.07, 6.45) is 0. The van der Waals surface area contributed by atoms with Crippen LogP contribution in [0.25, 0.3) is 0 Å². The SMILES string of the molecule is C[C@H]1CN(c2ccccc2F)CCN1. The Kier molecular flexibility index (Phi) is 2.68. The fourth-order valence-corrected chi connectivity index (χ4v) is 1.86. The summed E-state index contributed by atoms with van der Waals surface area (Å²) < 4.78 is 13.4. The molecule has 1 aliphatic heterocycles. The highest BCUT2D eigenvalue weighted by molar-refractivity contribution is 5.48. The molecule has 0 unspecified atom stereocenters. The molecule has 76 valence electrons. The molecule has 0 bridgehead atoms. The van der Waals surface area contributed by atoms with Crippen LogP contribution in [0, 0.1) is 5.82 Å². The topological polar surface area (TPSA) is 15.3 Å². The number of rotatable bonds is 1. The minimum atomic E-state index is -0.124. The third-order valence-corrected chi connectivity index (χ3v) is 2.56. The smallest absolute Gasteiger partial charge is 0.146 e. The van der Waals surface area contributed by atoms with Gasteiger partial charge in [-0.3, -0.25) is 0 Å². The van der Waals surface area contributed by atoms with Crippen LogP contribution in [-0.2, 0) is 0 Å². The summed E-state index contributed by atoms with van der Waals surface area (Å²) in [7, 11) is 0. The zero-order valence-corrected chi connectivity index (χ0v) is 8.33. The lowest BCUT2D eigenvalue weighted by molar-refractivity contribution is 0.478. The maximum Gasteiger partial charge on any atom is 0.146 e. The molecule has 1 heterocycles. The minimum Gasteiger partial charge on any atom is -0.366 e. The quantitative estimate of drug-likeness (QED) is 0.731. The van der Waals surface area contributed by atoms with E-state index >= 15 is 0 Å². The van der Waals surface area contributed by atoms with Gasteiger partial charge in [-0.15, -0.1) is 0 Å². The monoisotopic (exact) mass is 194 g/mol. The zero-order chi connectivity index (χ0) is 9.97. The third kappa shape index (κ3) is 1.87. The predicted molar refractivity (Wildman–Crippen MR) is 56.1 cm³/mol.